The van der Waals surface area contributed by atoms with E-state index >= 15 is 0 Å². The third-order valence-electron chi connectivity index (χ3n) is 3.77. The Morgan fingerprint density at radius 3 is 2.30 bits per heavy atom. The first kappa shape index (κ1) is 16.5. The van der Waals surface area contributed by atoms with E-state index in [1.165, 1.54) is 25.7 Å². The minimum Gasteiger partial charge on any atom is -0.481 e. The molecular weight excluding hydrogens is 262 g/mol. The fourth-order valence-electron chi connectivity index (χ4n) is 2.64. The van der Waals surface area contributed by atoms with Crippen LogP contribution in [0, 0.1) is 5.92 Å². The van der Waals surface area contributed by atoms with Gasteiger partial charge in [0.1, 0.15) is 6.04 Å². The Labute approximate surface area is 118 Å². The van der Waals surface area contributed by atoms with E-state index in [2.05, 4.69) is 5.32 Å². The van der Waals surface area contributed by atoms with Crippen molar-refractivity contribution in [2.45, 2.75) is 63.8 Å². The first-order valence-electron chi connectivity index (χ1n) is 7.23. The highest BCUT2D eigenvalue weighted by Crippen LogP contribution is 2.28. The molecule has 1 fully saturated rings. The molecule has 6 nitrogen and oxygen atoms in total. The van der Waals surface area contributed by atoms with Crippen molar-refractivity contribution in [3.63, 3.8) is 0 Å². The van der Waals surface area contributed by atoms with Crippen LogP contribution in [0.4, 0.5) is 0 Å². The second kappa shape index (κ2) is 8.55. The largest absolute Gasteiger partial charge is 0.481 e. The molecule has 0 saturated heterocycles. The summed E-state index contributed by atoms with van der Waals surface area (Å²) < 4.78 is 0. The minimum absolute atomic E-state index is 0.0843. The van der Waals surface area contributed by atoms with Crippen molar-refractivity contribution in [3.05, 3.63) is 0 Å². The molecule has 20 heavy (non-hydrogen) atoms. The Bertz CT molecular complexity index is 349. The van der Waals surface area contributed by atoms with Crippen molar-refractivity contribution >= 4 is 17.8 Å². The molecule has 0 bridgehead atoms. The van der Waals surface area contributed by atoms with Gasteiger partial charge >= 0.3 is 11.9 Å². The highest BCUT2D eigenvalue weighted by molar-refractivity contribution is 5.83. The van der Waals surface area contributed by atoms with Crippen molar-refractivity contribution < 1.29 is 24.6 Å². The van der Waals surface area contributed by atoms with Crippen LogP contribution in [0.25, 0.3) is 0 Å². The van der Waals surface area contributed by atoms with Gasteiger partial charge in [0.2, 0.25) is 5.91 Å². The van der Waals surface area contributed by atoms with Gasteiger partial charge in [-0.05, 0) is 25.2 Å². The van der Waals surface area contributed by atoms with Gasteiger partial charge in [-0.2, -0.15) is 0 Å². The standard InChI is InChI=1S/C14H23NO5/c16-12(7-3-6-10-4-1-2-5-10)15-11(14(19)20)8-9-13(17)18/h10-11H,1-9H2,(H,15,16)(H,17,18)(H,19,20)/t11-/m0/s1. The summed E-state index contributed by atoms with van der Waals surface area (Å²) in [4.78, 5) is 33.0. The highest BCUT2D eigenvalue weighted by Gasteiger charge is 2.21. The van der Waals surface area contributed by atoms with E-state index in [1.54, 1.807) is 0 Å². The van der Waals surface area contributed by atoms with Crippen LogP contribution in [-0.4, -0.2) is 34.1 Å². The molecule has 0 unspecified atom stereocenters. The van der Waals surface area contributed by atoms with Gasteiger partial charge < -0.3 is 15.5 Å². The molecule has 0 aliphatic heterocycles. The maximum absolute atomic E-state index is 11.7. The van der Waals surface area contributed by atoms with Gasteiger partial charge in [0.25, 0.3) is 0 Å². The van der Waals surface area contributed by atoms with E-state index in [0.29, 0.717) is 12.3 Å². The van der Waals surface area contributed by atoms with Crippen LogP contribution < -0.4 is 5.32 Å². The molecule has 3 N–H and O–H groups in total. The van der Waals surface area contributed by atoms with Crippen LogP contribution in [0.15, 0.2) is 0 Å². The summed E-state index contributed by atoms with van der Waals surface area (Å²) in [6, 6.07) is -1.11. The van der Waals surface area contributed by atoms with E-state index in [0.717, 1.165) is 12.8 Å². The third kappa shape index (κ3) is 6.54. The lowest BCUT2D eigenvalue weighted by atomic mass is 10.0. The zero-order valence-corrected chi connectivity index (χ0v) is 11.6. The minimum atomic E-state index is -1.18. The normalized spacial score (nSPS) is 16.8. The first-order chi connectivity index (χ1) is 9.49. The number of carbonyl (C=O) groups is 3. The van der Waals surface area contributed by atoms with Crippen molar-refractivity contribution in [1.29, 1.82) is 0 Å². The molecule has 0 spiro atoms. The molecular formula is C14H23NO5. The molecule has 6 heteroatoms. The predicted molar refractivity (Wildman–Crippen MR) is 72.2 cm³/mol. The molecule has 1 aliphatic carbocycles. The lowest BCUT2D eigenvalue weighted by Crippen LogP contribution is -2.41. The van der Waals surface area contributed by atoms with Crippen molar-refractivity contribution in [2.75, 3.05) is 0 Å². The summed E-state index contributed by atoms with van der Waals surface area (Å²) in [5, 5.41) is 19.9. The molecule has 0 heterocycles. The smallest absolute Gasteiger partial charge is 0.326 e. The molecule has 1 amide bonds. The van der Waals surface area contributed by atoms with Crippen molar-refractivity contribution in [3.8, 4) is 0 Å². The second-order valence-electron chi connectivity index (χ2n) is 5.43. The predicted octanol–water partition coefficient (Wildman–Crippen LogP) is 1.78. The van der Waals surface area contributed by atoms with Crippen molar-refractivity contribution in [1.82, 2.24) is 5.32 Å². The molecule has 0 radical (unpaired) electrons. The first-order valence-corrected chi connectivity index (χ1v) is 7.23. The number of hydrogen-bond donors (Lipinski definition) is 3. The molecule has 1 atom stereocenters. The van der Waals surface area contributed by atoms with Crippen LogP contribution in [-0.2, 0) is 14.4 Å². The number of aliphatic carboxylic acids is 2. The van der Waals surface area contributed by atoms with Crippen LogP contribution in [0.5, 0.6) is 0 Å². The van der Waals surface area contributed by atoms with Gasteiger partial charge in [-0.25, -0.2) is 4.79 Å². The Balaban J connectivity index is 2.22. The number of amides is 1. The SMILES string of the molecule is O=C(O)CC[C@H](NC(=O)CCCC1CCCC1)C(=O)O. The molecule has 0 aromatic heterocycles. The van der Waals surface area contributed by atoms with Gasteiger partial charge in [0.15, 0.2) is 0 Å². The maximum Gasteiger partial charge on any atom is 0.326 e. The van der Waals surface area contributed by atoms with Crippen molar-refractivity contribution in [2.24, 2.45) is 5.92 Å². The number of carboxylic acid groups (broad SMARTS) is 2. The van der Waals surface area contributed by atoms with E-state index in [9.17, 15) is 14.4 Å². The quantitative estimate of drug-likeness (QED) is 0.599. The number of rotatable bonds is 9. The highest BCUT2D eigenvalue weighted by atomic mass is 16.4. The summed E-state index contributed by atoms with van der Waals surface area (Å²) in [7, 11) is 0. The van der Waals surface area contributed by atoms with Crippen LogP contribution in [0.3, 0.4) is 0 Å². The summed E-state index contributed by atoms with van der Waals surface area (Å²) in [5.41, 5.74) is 0. The Hall–Kier alpha value is -1.59. The lowest BCUT2D eigenvalue weighted by molar-refractivity contribution is -0.143. The van der Waals surface area contributed by atoms with Gasteiger partial charge in [-0.15, -0.1) is 0 Å². The molecule has 1 rings (SSSR count). The fourth-order valence-corrected chi connectivity index (χ4v) is 2.64. The molecule has 1 aliphatic rings. The topological polar surface area (TPSA) is 104 Å². The maximum atomic E-state index is 11.7. The van der Waals surface area contributed by atoms with Gasteiger partial charge in [0.05, 0.1) is 0 Å². The van der Waals surface area contributed by atoms with Gasteiger partial charge in [-0.3, -0.25) is 9.59 Å². The summed E-state index contributed by atoms with van der Waals surface area (Å²) in [6.07, 6.45) is 6.75. The Morgan fingerprint density at radius 2 is 1.75 bits per heavy atom. The summed E-state index contributed by atoms with van der Waals surface area (Å²) >= 11 is 0. The molecule has 0 aromatic rings. The van der Waals surface area contributed by atoms with E-state index in [-0.39, 0.29) is 18.7 Å². The number of carbonyl (C=O) groups excluding carboxylic acids is 1. The van der Waals surface area contributed by atoms with Crippen LogP contribution in [0.1, 0.15) is 57.8 Å². The number of carboxylic acids is 2. The molecule has 0 aromatic carbocycles. The monoisotopic (exact) mass is 285 g/mol. The van der Waals surface area contributed by atoms with Gasteiger partial charge in [0, 0.05) is 12.8 Å². The molecule has 114 valence electrons. The Kier molecular flexibility index (Phi) is 7.04. The number of hydrogen-bond acceptors (Lipinski definition) is 3. The van der Waals surface area contributed by atoms with Crippen LogP contribution >= 0.6 is 0 Å². The third-order valence-corrected chi connectivity index (χ3v) is 3.77. The fraction of sp³-hybridized carbons (Fsp3) is 0.786. The van der Waals surface area contributed by atoms with E-state index in [1.807, 2.05) is 0 Å². The van der Waals surface area contributed by atoms with E-state index in [4.69, 9.17) is 10.2 Å². The summed E-state index contributed by atoms with van der Waals surface area (Å²) in [6.45, 7) is 0. The zero-order chi connectivity index (χ0) is 15.0. The van der Waals surface area contributed by atoms with E-state index < -0.39 is 18.0 Å². The van der Waals surface area contributed by atoms with Crippen LogP contribution in [0.2, 0.25) is 0 Å². The zero-order valence-electron chi connectivity index (χ0n) is 11.6. The number of nitrogens with one attached hydrogen (secondary N) is 1. The van der Waals surface area contributed by atoms with Gasteiger partial charge in [-0.1, -0.05) is 25.7 Å². The second-order valence-corrected chi connectivity index (χ2v) is 5.43. The molecule has 1 saturated carbocycles. The average molecular weight is 285 g/mol. The Morgan fingerprint density at radius 1 is 1.10 bits per heavy atom. The average Bonchev–Trinajstić information content (AvgIpc) is 2.87. The lowest BCUT2D eigenvalue weighted by Gasteiger charge is -2.14. The summed E-state index contributed by atoms with van der Waals surface area (Å²) in [5.74, 6) is -1.84.